The predicted octanol–water partition coefficient (Wildman–Crippen LogP) is 3.22. The summed E-state index contributed by atoms with van der Waals surface area (Å²) in [6, 6.07) is 0.152. The molecule has 1 atom stereocenters. The van der Waals surface area contributed by atoms with Gasteiger partial charge >= 0.3 is 0 Å². The van der Waals surface area contributed by atoms with E-state index in [9.17, 15) is 4.79 Å². The zero-order chi connectivity index (χ0) is 13.0. The highest BCUT2D eigenvalue weighted by Crippen LogP contribution is 2.22. The van der Waals surface area contributed by atoms with E-state index in [1.54, 1.807) is 10.9 Å². The zero-order valence-corrected chi connectivity index (χ0v) is 12.3. The second-order valence-corrected chi connectivity index (χ2v) is 4.95. The van der Waals surface area contributed by atoms with Crippen molar-refractivity contribution in [3.05, 3.63) is 16.4 Å². The summed E-state index contributed by atoms with van der Waals surface area (Å²) in [6.45, 7) is 8.38. The molecule has 4 nitrogen and oxygen atoms in total. The number of ether oxygens (including phenoxy) is 1. The molecule has 0 amide bonds. The van der Waals surface area contributed by atoms with E-state index in [-0.39, 0.29) is 17.9 Å². The van der Waals surface area contributed by atoms with Crippen LogP contribution in [0.15, 0.2) is 10.7 Å². The second-order valence-electron chi connectivity index (χ2n) is 4.10. The van der Waals surface area contributed by atoms with Gasteiger partial charge in [0.1, 0.15) is 11.8 Å². The topological polar surface area (TPSA) is 44.1 Å². The van der Waals surface area contributed by atoms with Crippen LogP contribution in [0.5, 0.6) is 0 Å². The summed E-state index contributed by atoms with van der Waals surface area (Å²) >= 11 is 3.37. The Morgan fingerprint density at radius 1 is 1.53 bits per heavy atom. The van der Waals surface area contributed by atoms with E-state index in [1.807, 2.05) is 27.7 Å². The first-order valence-electron chi connectivity index (χ1n) is 5.91. The van der Waals surface area contributed by atoms with Crippen molar-refractivity contribution in [2.75, 3.05) is 6.61 Å². The highest BCUT2D eigenvalue weighted by Gasteiger charge is 2.25. The van der Waals surface area contributed by atoms with Crippen molar-refractivity contribution in [2.24, 2.45) is 0 Å². The van der Waals surface area contributed by atoms with Gasteiger partial charge < -0.3 is 4.74 Å². The number of ketones is 1. The molecule has 0 aliphatic carbocycles. The van der Waals surface area contributed by atoms with Gasteiger partial charge in [-0.2, -0.15) is 5.10 Å². The van der Waals surface area contributed by atoms with Gasteiger partial charge in [-0.25, -0.2) is 0 Å². The second kappa shape index (κ2) is 6.31. The average molecular weight is 303 g/mol. The van der Waals surface area contributed by atoms with Crippen LogP contribution in [0.25, 0.3) is 0 Å². The third-order valence-corrected chi connectivity index (χ3v) is 3.08. The third-order valence-electron chi connectivity index (χ3n) is 2.50. The first-order valence-corrected chi connectivity index (χ1v) is 6.70. The lowest BCUT2D eigenvalue weighted by Gasteiger charge is -2.16. The first kappa shape index (κ1) is 14.4. The maximum atomic E-state index is 12.4. The summed E-state index contributed by atoms with van der Waals surface area (Å²) < 4.78 is 7.92. The van der Waals surface area contributed by atoms with E-state index < -0.39 is 0 Å². The van der Waals surface area contributed by atoms with Crippen molar-refractivity contribution in [2.45, 2.75) is 46.3 Å². The minimum Gasteiger partial charge on any atom is -0.370 e. The zero-order valence-electron chi connectivity index (χ0n) is 10.7. The molecule has 0 radical (unpaired) electrons. The largest absolute Gasteiger partial charge is 0.370 e. The Bertz CT molecular complexity index is 388. The number of aromatic nitrogens is 2. The molecule has 0 N–H and O–H groups in total. The molecule has 1 heterocycles. The van der Waals surface area contributed by atoms with Gasteiger partial charge in [0.15, 0.2) is 0 Å². The van der Waals surface area contributed by atoms with Gasteiger partial charge in [-0.3, -0.25) is 9.48 Å². The Morgan fingerprint density at radius 3 is 2.65 bits per heavy atom. The molecule has 0 aliphatic rings. The minimum atomic E-state index is -0.384. The molecule has 0 aliphatic heterocycles. The van der Waals surface area contributed by atoms with E-state index in [0.29, 0.717) is 18.7 Å². The predicted molar refractivity (Wildman–Crippen MR) is 70.3 cm³/mol. The summed E-state index contributed by atoms with van der Waals surface area (Å²) in [7, 11) is 0. The van der Waals surface area contributed by atoms with Crippen LogP contribution < -0.4 is 0 Å². The van der Waals surface area contributed by atoms with Gasteiger partial charge in [0, 0.05) is 12.6 Å². The standard InChI is InChI=1S/C12H19BrN2O2/c1-5-10(17-6-2)12(16)11-9(13)7-14-15(11)8(3)4/h7-8,10H,5-6H2,1-4H3. The highest BCUT2D eigenvalue weighted by molar-refractivity contribution is 9.10. The molecule has 1 aromatic rings. The van der Waals surface area contributed by atoms with Gasteiger partial charge in [0.05, 0.1) is 10.7 Å². The van der Waals surface area contributed by atoms with Gasteiger partial charge in [0.25, 0.3) is 0 Å². The summed E-state index contributed by atoms with van der Waals surface area (Å²) in [5.41, 5.74) is 0.598. The molecule has 0 aromatic carbocycles. The van der Waals surface area contributed by atoms with Crippen molar-refractivity contribution >= 4 is 21.7 Å². The number of rotatable bonds is 6. The molecule has 1 unspecified atom stereocenters. The summed E-state index contributed by atoms with van der Waals surface area (Å²) in [5.74, 6) is -0.00701. The average Bonchev–Trinajstić information content (AvgIpc) is 2.67. The Morgan fingerprint density at radius 2 is 2.18 bits per heavy atom. The molecule has 96 valence electrons. The Balaban J connectivity index is 3.05. The van der Waals surface area contributed by atoms with Crippen molar-refractivity contribution in [1.29, 1.82) is 0 Å². The minimum absolute atomic E-state index is 0.00701. The molecule has 5 heteroatoms. The Kier molecular flexibility index (Phi) is 5.33. The molecular formula is C12H19BrN2O2. The van der Waals surface area contributed by atoms with Crippen LogP contribution in [-0.2, 0) is 4.74 Å². The molecule has 0 saturated heterocycles. The van der Waals surface area contributed by atoms with Crippen LogP contribution in [0, 0.1) is 0 Å². The molecule has 17 heavy (non-hydrogen) atoms. The lowest BCUT2D eigenvalue weighted by Crippen LogP contribution is -2.27. The van der Waals surface area contributed by atoms with Crippen molar-refractivity contribution < 1.29 is 9.53 Å². The van der Waals surface area contributed by atoms with Crippen LogP contribution in [0.4, 0.5) is 0 Å². The molecule has 1 aromatic heterocycles. The lowest BCUT2D eigenvalue weighted by atomic mass is 10.1. The van der Waals surface area contributed by atoms with E-state index in [1.165, 1.54) is 0 Å². The molecule has 0 bridgehead atoms. The van der Waals surface area contributed by atoms with Gasteiger partial charge in [-0.05, 0) is 43.1 Å². The fraction of sp³-hybridized carbons (Fsp3) is 0.667. The highest BCUT2D eigenvalue weighted by atomic mass is 79.9. The molecule has 0 spiro atoms. The number of hydrogen-bond acceptors (Lipinski definition) is 3. The summed E-state index contributed by atoms with van der Waals surface area (Å²) in [4.78, 5) is 12.4. The van der Waals surface area contributed by atoms with Crippen molar-refractivity contribution in [3.8, 4) is 0 Å². The van der Waals surface area contributed by atoms with Crippen LogP contribution in [0.2, 0.25) is 0 Å². The van der Waals surface area contributed by atoms with Gasteiger partial charge in [0.2, 0.25) is 5.78 Å². The van der Waals surface area contributed by atoms with E-state index in [2.05, 4.69) is 21.0 Å². The van der Waals surface area contributed by atoms with Crippen LogP contribution in [-0.4, -0.2) is 28.3 Å². The number of nitrogens with zero attached hydrogens (tertiary/aromatic N) is 2. The Hall–Kier alpha value is -0.680. The van der Waals surface area contributed by atoms with Crippen LogP contribution in [0.1, 0.15) is 50.6 Å². The lowest BCUT2D eigenvalue weighted by molar-refractivity contribution is 0.0432. The number of hydrogen-bond donors (Lipinski definition) is 0. The van der Waals surface area contributed by atoms with E-state index in [4.69, 9.17) is 4.74 Å². The SMILES string of the molecule is CCOC(CC)C(=O)c1c(Br)cnn1C(C)C. The number of carbonyl (C=O) groups is 1. The van der Waals surface area contributed by atoms with Gasteiger partial charge in [-0.15, -0.1) is 0 Å². The quantitative estimate of drug-likeness (QED) is 0.758. The normalized spacial score (nSPS) is 13.1. The third kappa shape index (κ3) is 3.16. The fourth-order valence-electron chi connectivity index (χ4n) is 1.70. The smallest absolute Gasteiger partial charge is 0.210 e. The van der Waals surface area contributed by atoms with E-state index >= 15 is 0 Å². The fourth-order valence-corrected chi connectivity index (χ4v) is 2.16. The molecule has 1 rings (SSSR count). The molecule has 0 fully saturated rings. The van der Waals surface area contributed by atoms with Crippen LogP contribution >= 0.6 is 15.9 Å². The van der Waals surface area contributed by atoms with Crippen molar-refractivity contribution in [1.82, 2.24) is 9.78 Å². The maximum Gasteiger partial charge on any atom is 0.210 e. The summed E-state index contributed by atoms with van der Waals surface area (Å²) in [5, 5.41) is 4.21. The van der Waals surface area contributed by atoms with Crippen LogP contribution in [0.3, 0.4) is 0 Å². The maximum absolute atomic E-state index is 12.4. The number of Topliss-reactive ketones (excluding diaryl/α,β-unsaturated/α-hetero) is 1. The summed E-state index contributed by atoms with van der Waals surface area (Å²) in [6.07, 6.45) is 1.94. The van der Waals surface area contributed by atoms with Crippen molar-refractivity contribution in [3.63, 3.8) is 0 Å². The monoisotopic (exact) mass is 302 g/mol. The number of halogens is 1. The first-order chi connectivity index (χ1) is 8.02. The number of carbonyl (C=O) groups excluding carboxylic acids is 1. The van der Waals surface area contributed by atoms with Gasteiger partial charge in [-0.1, -0.05) is 6.92 Å². The molecule has 0 saturated carbocycles. The molecular weight excluding hydrogens is 284 g/mol. The van der Waals surface area contributed by atoms with E-state index in [0.717, 1.165) is 4.47 Å². The Labute approximate surface area is 110 Å².